The number of anilines is 1. The first-order valence-electron chi connectivity index (χ1n) is 5.41. The van der Waals surface area contributed by atoms with E-state index in [0.717, 1.165) is 23.4 Å². The molecule has 2 rings (SSSR count). The molecule has 0 saturated carbocycles. The Labute approximate surface area is 94.3 Å². The number of aromatic nitrogens is 2. The van der Waals surface area contributed by atoms with Crippen molar-refractivity contribution in [2.24, 2.45) is 4.99 Å². The summed E-state index contributed by atoms with van der Waals surface area (Å²) in [6.07, 6.45) is 0.836. The summed E-state index contributed by atoms with van der Waals surface area (Å²) in [5.41, 5.74) is 2.66. The molecule has 0 bridgehead atoms. The molecule has 16 heavy (non-hydrogen) atoms. The molecule has 5 heteroatoms. The fourth-order valence-corrected chi connectivity index (χ4v) is 2.03. The van der Waals surface area contributed by atoms with E-state index in [1.54, 1.807) is 0 Å². The van der Waals surface area contributed by atoms with E-state index in [4.69, 9.17) is 0 Å². The van der Waals surface area contributed by atoms with Crippen molar-refractivity contribution in [2.75, 3.05) is 5.32 Å². The van der Waals surface area contributed by atoms with Crippen molar-refractivity contribution in [3.05, 3.63) is 11.3 Å². The van der Waals surface area contributed by atoms with Gasteiger partial charge in [0.25, 0.3) is 0 Å². The lowest BCUT2D eigenvalue weighted by Crippen LogP contribution is -2.11. The Kier molecular flexibility index (Phi) is 2.33. The zero-order chi connectivity index (χ0) is 11.9. The van der Waals surface area contributed by atoms with Crippen molar-refractivity contribution in [1.82, 2.24) is 10.2 Å². The third-order valence-corrected chi connectivity index (χ3v) is 2.71. The Bertz CT molecular complexity index is 470. The number of rotatable bonds is 2. The van der Waals surface area contributed by atoms with Crippen molar-refractivity contribution >= 4 is 17.4 Å². The van der Waals surface area contributed by atoms with Crippen LogP contribution >= 0.6 is 0 Å². The summed E-state index contributed by atoms with van der Waals surface area (Å²) < 4.78 is 0. The molecule has 0 saturated heterocycles. The average molecular weight is 220 g/mol. The number of fused-ring (bicyclic) bond motifs is 1. The van der Waals surface area contributed by atoms with Gasteiger partial charge in [-0.3, -0.25) is 14.9 Å². The Morgan fingerprint density at radius 2 is 2.19 bits per heavy atom. The zero-order valence-electron chi connectivity index (χ0n) is 10.0. The highest BCUT2D eigenvalue weighted by molar-refractivity contribution is 6.09. The third kappa shape index (κ3) is 1.52. The van der Waals surface area contributed by atoms with Gasteiger partial charge in [-0.15, -0.1) is 0 Å². The van der Waals surface area contributed by atoms with Gasteiger partial charge < -0.3 is 5.32 Å². The normalized spacial score (nSPS) is 16.9. The van der Waals surface area contributed by atoms with Crippen LogP contribution in [-0.2, 0) is 10.3 Å². The second-order valence-electron chi connectivity index (χ2n) is 4.47. The summed E-state index contributed by atoms with van der Waals surface area (Å²) in [5.74, 6) is 0.475. The monoisotopic (exact) mass is 220 g/mol. The maximum absolute atomic E-state index is 11.1. The molecule has 0 fully saturated rings. The highest BCUT2D eigenvalue weighted by Gasteiger charge is 2.35. The number of carbonyl (C=O) groups is 1. The molecule has 0 unspecified atom stereocenters. The zero-order valence-corrected chi connectivity index (χ0v) is 10.0. The molecule has 2 N–H and O–H groups in total. The van der Waals surface area contributed by atoms with Gasteiger partial charge in [-0.1, -0.05) is 6.92 Å². The summed E-state index contributed by atoms with van der Waals surface area (Å²) in [7, 11) is 0. The van der Waals surface area contributed by atoms with Crippen LogP contribution in [-0.4, -0.2) is 21.8 Å². The van der Waals surface area contributed by atoms with E-state index in [2.05, 4.69) is 27.4 Å². The van der Waals surface area contributed by atoms with Crippen molar-refractivity contribution in [3.8, 4) is 0 Å². The molecule has 0 aromatic carbocycles. The molecule has 0 atom stereocenters. The minimum Gasteiger partial charge on any atom is -0.309 e. The molecule has 1 aliphatic heterocycles. The number of hydrogen-bond acceptors (Lipinski definition) is 3. The van der Waals surface area contributed by atoms with E-state index in [-0.39, 0.29) is 11.4 Å². The van der Waals surface area contributed by atoms with Gasteiger partial charge in [0.15, 0.2) is 5.82 Å². The molecule has 1 amide bonds. The van der Waals surface area contributed by atoms with Crippen LogP contribution in [0, 0.1) is 0 Å². The first-order chi connectivity index (χ1) is 7.45. The van der Waals surface area contributed by atoms with Gasteiger partial charge in [0.1, 0.15) is 0 Å². The fourth-order valence-electron chi connectivity index (χ4n) is 2.03. The molecule has 0 radical (unpaired) electrons. The highest BCUT2D eigenvalue weighted by Crippen LogP contribution is 2.37. The Hall–Kier alpha value is -1.65. The molecule has 86 valence electrons. The smallest absolute Gasteiger partial charge is 0.222 e. The highest BCUT2D eigenvalue weighted by atomic mass is 16.1. The Balaban J connectivity index is 2.50. The number of nitrogens with one attached hydrogen (secondary N) is 2. The van der Waals surface area contributed by atoms with E-state index in [1.165, 1.54) is 6.92 Å². The molecule has 1 aliphatic rings. The first kappa shape index (κ1) is 10.9. The SMILES string of the molecule is CCC1=NC(C)(C)c2[nH]nc(NC(C)=O)c21. The lowest BCUT2D eigenvalue weighted by Gasteiger charge is -2.12. The minimum atomic E-state index is -0.273. The van der Waals surface area contributed by atoms with Crippen LogP contribution in [0.15, 0.2) is 4.99 Å². The van der Waals surface area contributed by atoms with Crippen LogP contribution in [0.4, 0.5) is 5.82 Å². The van der Waals surface area contributed by atoms with Gasteiger partial charge in [-0.2, -0.15) is 5.10 Å². The number of carbonyl (C=O) groups excluding carboxylic acids is 1. The number of H-pyrrole nitrogens is 1. The van der Waals surface area contributed by atoms with Gasteiger partial charge in [0, 0.05) is 12.6 Å². The number of aliphatic imine (C=N–C) groups is 1. The van der Waals surface area contributed by atoms with Crippen LogP contribution in [0.5, 0.6) is 0 Å². The molecule has 0 spiro atoms. The van der Waals surface area contributed by atoms with Crippen molar-refractivity contribution < 1.29 is 4.79 Å². The fraction of sp³-hybridized carbons (Fsp3) is 0.545. The molecule has 0 aliphatic carbocycles. The summed E-state index contributed by atoms with van der Waals surface area (Å²) in [6, 6.07) is 0. The predicted octanol–water partition coefficient (Wildman–Crippen LogP) is 1.82. The molecule has 5 nitrogen and oxygen atoms in total. The number of amides is 1. The summed E-state index contributed by atoms with van der Waals surface area (Å²) >= 11 is 0. The minimum absolute atomic E-state index is 0.116. The van der Waals surface area contributed by atoms with Gasteiger partial charge in [0.2, 0.25) is 5.91 Å². The average Bonchev–Trinajstić information content (AvgIpc) is 2.67. The Morgan fingerprint density at radius 3 is 2.75 bits per heavy atom. The summed E-state index contributed by atoms with van der Waals surface area (Å²) in [6.45, 7) is 7.59. The van der Waals surface area contributed by atoms with Crippen LogP contribution < -0.4 is 5.32 Å². The van der Waals surface area contributed by atoms with E-state index in [0.29, 0.717) is 5.82 Å². The van der Waals surface area contributed by atoms with Gasteiger partial charge in [-0.25, -0.2) is 0 Å². The van der Waals surface area contributed by atoms with E-state index >= 15 is 0 Å². The lowest BCUT2D eigenvalue weighted by molar-refractivity contribution is -0.114. The molecule has 1 aromatic rings. The molecular weight excluding hydrogens is 204 g/mol. The van der Waals surface area contributed by atoms with Crippen molar-refractivity contribution in [2.45, 2.75) is 39.7 Å². The number of nitrogens with zero attached hydrogens (tertiary/aromatic N) is 2. The number of hydrogen-bond donors (Lipinski definition) is 2. The van der Waals surface area contributed by atoms with Gasteiger partial charge >= 0.3 is 0 Å². The topological polar surface area (TPSA) is 70.1 Å². The second kappa shape index (κ2) is 3.43. The van der Waals surface area contributed by atoms with Gasteiger partial charge in [-0.05, 0) is 20.3 Å². The summed E-state index contributed by atoms with van der Waals surface area (Å²) in [5, 5.41) is 9.83. The molecule has 2 heterocycles. The first-order valence-corrected chi connectivity index (χ1v) is 5.41. The quantitative estimate of drug-likeness (QED) is 0.798. The van der Waals surface area contributed by atoms with E-state index in [1.807, 2.05) is 13.8 Å². The van der Waals surface area contributed by atoms with Crippen LogP contribution in [0.1, 0.15) is 45.4 Å². The van der Waals surface area contributed by atoms with Gasteiger partial charge in [0.05, 0.1) is 16.8 Å². The second-order valence-corrected chi connectivity index (χ2v) is 4.47. The lowest BCUT2D eigenvalue weighted by atomic mass is 10.00. The maximum atomic E-state index is 11.1. The van der Waals surface area contributed by atoms with E-state index in [9.17, 15) is 4.79 Å². The van der Waals surface area contributed by atoms with Crippen molar-refractivity contribution in [1.29, 1.82) is 0 Å². The number of aromatic amines is 1. The predicted molar refractivity (Wildman–Crippen MR) is 62.7 cm³/mol. The van der Waals surface area contributed by atoms with Crippen LogP contribution in [0.25, 0.3) is 0 Å². The van der Waals surface area contributed by atoms with Crippen LogP contribution in [0.2, 0.25) is 0 Å². The largest absolute Gasteiger partial charge is 0.309 e. The standard InChI is InChI=1S/C11H16N4O/c1-5-7-8-9(11(3,4)13-7)14-15-10(8)12-6(2)16/h5H2,1-4H3,(H2,12,14,15,16). The van der Waals surface area contributed by atoms with E-state index < -0.39 is 0 Å². The molecular formula is C11H16N4O. The molecule has 1 aromatic heterocycles. The van der Waals surface area contributed by atoms with Crippen molar-refractivity contribution in [3.63, 3.8) is 0 Å². The Morgan fingerprint density at radius 1 is 1.50 bits per heavy atom. The summed E-state index contributed by atoms with van der Waals surface area (Å²) in [4.78, 5) is 15.7. The maximum Gasteiger partial charge on any atom is 0.222 e. The third-order valence-electron chi connectivity index (χ3n) is 2.71. The van der Waals surface area contributed by atoms with Crippen LogP contribution in [0.3, 0.4) is 0 Å².